The van der Waals surface area contributed by atoms with Crippen molar-refractivity contribution in [1.82, 2.24) is 4.98 Å². The molecule has 160 valence electrons. The van der Waals surface area contributed by atoms with Crippen LogP contribution in [0.2, 0.25) is 10.0 Å². The van der Waals surface area contributed by atoms with E-state index in [-0.39, 0.29) is 11.7 Å². The summed E-state index contributed by atoms with van der Waals surface area (Å²) in [5.74, 6) is 0. The minimum Gasteiger partial charge on any atom is -0.258 e. The lowest BCUT2D eigenvalue weighted by Crippen LogP contribution is -2.18. The fourth-order valence-electron chi connectivity index (χ4n) is 3.51. The molecule has 0 radical (unpaired) electrons. The highest BCUT2D eigenvalue weighted by Crippen LogP contribution is 2.40. The van der Waals surface area contributed by atoms with Gasteiger partial charge in [-0.05, 0) is 29.1 Å². The van der Waals surface area contributed by atoms with Gasteiger partial charge in [0.05, 0.1) is 37.3 Å². The average Bonchev–Trinajstić information content (AvgIpc) is 3.55. The first-order valence-electron chi connectivity index (χ1n) is 9.55. The van der Waals surface area contributed by atoms with E-state index in [0.717, 1.165) is 32.5 Å². The summed E-state index contributed by atoms with van der Waals surface area (Å²) >= 11 is 15.3. The maximum atomic E-state index is 11.1. The molecule has 1 aliphatic heterocycles. The number of halogens is 2. The highest BCUT2D eigenvalue weighted by atomic mass is 35.5. The van der Waals surface area contributed by atoms with E-state index in [0.29, 0.717) is 16.5 Å². The predicted molar refractivity (Wildman–Crippen MR) is 131 cm³/mol. The highest BCUT2D eigenvalue weighted by molar-refractivity contribution is 7.14. The van der Waals surface area contributed by atoms with Crippen molar-refractivity contribution >= 4 is 62.4 Å². The quantitative estimate of drug-likeness (QED) is 0.210. The molecule has 1 unspecified atom stereocenters. The molecule has 2 aromatic carbocycles. The standard InChI is InChI=1S/C22H14Cl2N4O2S2/c23-16-8-5-14(10-17(16)24)19-12-32-22(25-19)27-20(11-18(26-27)21-2-1-9-31-21)13-3-6-15(7-4-13)28(29)30/h1-10,12,20H,11H2. The van der Waals surface area contributed by atoms with E-state index in [1.165, 1.54) is 23.5 Å². The number of nitro groups is 1. The number of nitrogens with zero attached hydrogens (tertiary/aromatic N) is 4. The summed E-state index contributed by atoms with van der Waals surface area (Å²) in [5.41, 5.74) is 3.63. The van der Waals surface area contributed by atoms with Gasteiger partial charge in [0.1, 0.15) is 0 Å². The first kappa shape index (κ1) is 21.1. The Morgan fingerprint density at radius 3 is 2.56 bits per heavy atom. The molecule has 6 nitrogen and oxygen atoms in total. The van der Waals surface area contributed by atoms with Crippen LogP contribution in [0.4, 0.5) is 10.8 Å². The van der Waals surface area contributed by atoms with E-state index in [1.54, 1.807) is 35.6 Å². The summed E-state index contributed by atoms with van der Waals surface area (Å²) in [5, 5.41) is 23.5. The zero-order valence-electron chi connectivity index (χ0n) is 16.3. The summed E-state index contributed by atoms with van der Waals surface area (Å²) in [6.07, 6.45) is 0.681. The number of rotatable bonds is 5. The number of hydrogen-bond acceptors (Lipinski definition) is 7. The van der Waals surface area contributed by atoms with Crippen LogP contribution < -0.4 is 5.01 Å². The third-order valence-electron chi connectivity index (χ3n) is 5.11. The van der Waals surface area contributed by atoms with Crippen molar-refractivity contribution < 1.29 is 4.92 Å². The zero-order chi connectivity index (χ0) is 22.2. The molecule has 0 N–H and O–H groups in total. The van der Waals surface area contributed by atoms with E-state index in [2.05, 4.69) is 0 Å². The normalized spacial score (nSPS) is 15.8. The molecular formula is C22H14Cl2N4O2S2. The van der Waals surface area contributed by atoms with Crippen LogP contribution in [0.3, 0.4) is 0 Å². The van der Waals surface area contributed by atoms with E-state index in [9.17, 15) is 10.1 Å². The maximum Gasteiger partial charge on any atom is 0.269 e. The maximum absolute atomic E-state index is 11.1. The SMILES string of the molecule is O=[N+]([O-])c1ccc(C2CC(c3cccs3)=NN2c2nc(-c3ccc(Cl)c(Cl)c3)cs2)cc1. The lowest BCUT2D eigenvalue weighted by molar-refractivity contribution is -0.384. The summed E-state index contributed by atoms with van der Waals surface area (Å²) in [4.78, 5) is 16.6. The number of thiazole rings is 1. The van der Waals surface area contributed by atoms with Gasteiger partial charge in [-0.15, -0.1) is 22.7 Å². The van der Waals surface area contributed by atoms with Crippen LogP contribution >= 0.6 is 45.9 Å². The van der Waals surface area contributed by atoms with Crippen molar-refractivity contribution in [2.75, 3.05) is 5.01 Å². The molecule has 3 heterocycles. The highest BCUT2D eigenvalue weighted by Gasteiger charge is 2.32. The fraction of sp³-hybridized carbons (Fsp3) is 0.0909. The molecule has 0 fully saturated rings. The molecule has 1 atom stereocenters. The van der Waals surface area contributed by atoms with E-state index in [4.69, 9.17) is 33.3 Å². The third kappa shape index (κ3) is 4.02. The van der Waals surface area contributed by atoms with Crippen LogP contribution in [-0.4, -0.2) is 15.6 Å². The number of non-ortho nitro benzene ring substituents is 1. The molecule has 2 aromatic heterocycles. The molecule has 0 bridgehead atoms. The second-order valence-corrected chi connectivity index (χ2v) is 9.68. The fourth-order valence-corrected chi connectivity index (χ4v) is 5.37. The molecule has 0 saturated carbocycles. The van der Waals surface area contributed by atoms with Crippen LogP contribution in [0.5, 0.6) is 0 Å². The average molecular weight is 501 g/mol. The van der Waals surface area contributed by atoms with Gasteiger partial charge in [-0.25, -0.2) is 9.99 Å². The second kappa shape index (κ2) is 8.63. The van der Waals surface area contributed by atoms with Gasteiger partial charge in [0.25, 0.3) is 5.69 Å². The Bertz CT molecular complexity index is 1320. The van der Waals surface area contributed by atoms with Crippen molar-refractivity contribution in [1.29, 1.82) is 0 Å². The minimum atomic E-state index is -0.395. The Morgan fingerprint density at radius 1 is 1.06 bits per heavy atom. The van der Waals surface area contributed by atoms with Crippen molar-refractivity contribution in [3.05, 3.63) is 96.0 Å². The molecule has 10 heteroatoms. The molecule has 4 aromatic rings. The number of hydrazone groups is 1. The third-order valence-corrected chi connectivity index (χ3v) is 7.60. The Hall–Kier alpha value is -2.78. The molecular weight excluding hydrogens is 487 g/mol. The molecule has 0 spiro atoms. The van der Waals surface area contributed by atoms with Gasteiger partial charge in [-0.1, -0.05) is 47.5 Å². The zero-order valence-corrected chi connectivity index (χ0v) is 19.5. The number of thiophene rings is 1. The number of benzene rings is 2. The first-order chi connectivity index (χ1) is 15.5. The monoisotopic (exact) mass is 500 g/mol. The lowest BCUT2D eigenvalue weighted by Gasteiger charge is -2.21. The van der Waals surface area contributed by atoms with E-state index in [1.807, 2.05) is 34.0 Å². The van der Waals surface area contributed by atoms with Crippen LogP contribution in [0.25, 0.3) is 11.3 Å². The molecule has 32 heavy (non-hydrogen) atoms. The van der Waals surface area contributed by atoms with Crippen molar-refractivity contribution in [2.45, 2.75) is 12.5 Å². The number of hydrogen-bond donors (Lipinski definition) is 0. The Kier molecular flexibility index (Phi) is 5.69. The summed E-state index contributed by atoms with van der Waals surface area (Å²) in [6.45, 7) is 0. The Morgan fingerprint density at radius 2 is 1.88 bits per heavy atom. The molecule has 1 aliphatic rings. The van der Waals surface area contributed by atoms with Crippen LogP contribution in [-0.2, 0) is 0 Å². The van der Waals surface area contributed by atoms with Gasteiger partial charge in [0.2, 0.25) is 5.13 Å². The Balaban J connectivity index is 1.51. The largest absolute Gasteiger partial charge is 0.269 e. The molecule has 0 aliphatic carbocycles. The van der Waals surface area contributed by atoms with Crippen LogP contribution in [0, 0.1) is 10.1 Å². The van der Waals surface area contributed by atoms with Crippen LogP contribution in [0.15, 0.2) is 70.5 Å². The lowest BCUT2D eigenvalue weighted by atomic mass is 10.0. The number of aromatic nitrogens is 1. The van der Waals surface area contributed by atoms with Gasteiger partial charge in [0.15, 0.2) is 0 Å². The first-order valence-corrected chi connectivity index (χ1v) is 12.1. The van der Waals surface area contributed by atoms with Crippen molar-refractivity contribution in [2.24, 2.45) is 5.10 Å². The van der Waals surface area contributed by atoms with Gasteiger partial charge >= 0.3 is 0 Å². The number of anilines is 1. The molecule has 0 saturated heterocycles. The van der Waals surface area contributed by atoms with Gasteiger partial charge in [0, 0.05) is 29.5 Å². The predicted octanol–water partition coefficient (Wildman–Crippen LogP) is 7.44. The van der Waals surface area contributed by atoms with E-state index < -0.39 is 4.92 Å². The van der Waals surface area contributed by atoms with Gasteiger partial charge in [-0.2, -0.15) is 5.10 Å². The number of nitro benzene ring substituents is 1. The molecule has 0 amide bonds. The van der Waals surface area contributed by atoms with E-state index >= 15 is 0 Å². The summed E-state index contributed by atoms with van der Waals surface area (Å²) in [7, 11) is 0. The summed E-state index contributed by atoms with van der Waals surface area (Å²) in [6, 6.07) is 16.0. The van der Waals surface area contributed by atoms with Crippen LogP contribution in [0.1, 0.15) is 22.9 Å². The van der Waals surface area contributed by atoms with Crippen molar-refractivity contribution in [3.63, 3.8) is 0 Å². The topological polar surface area (TPSA) is 71.6 Å². The Labute approximate surface area is 201 Å². The second-order valence-electron chi connectivity index (χ2n) is 7.08. The smallest absolute Gasteiger partial charge is 0.258 e. The summed E-state index contributed by atoms with van der Waals surface area (Å²) < 4.78 is 0. The van der Waals surface area contributed by atoms with Gasteiger partial charge < -0.3 is 0 Å². The van der Waals surface area contributed by atoms with Crippen molar-refractivity contribution in [3.8, 4) is 11.3 Å². The van der Waals surface area contributed by atoms with Gasteiger partial charge in [-0.3, -0.25) is 10.1 Å². The molecule has 5 rings (SSSR count). The minimum absolute atomic E-state index is 0.0637.